The average molecular weight is 407 g/mol. The van der Waals surface area contributed by atoms with Gasteiger partial charge in [-0.2, -0.15) is 13.2 Å². The number of pyridine rings is 1. The molecule has 0 saturated carbocycles. The molecule has 28 heavy (non-hydrogen) atoms. The molecular formula is C20H11ClF4N2O. The van der Waals surface area contributed by atoms with Crippen LogP contribution >= 0.6 is 11.6 Å². The number of aromatic nitrogens is 2. The number of alkyl halides is 3. The summed E-state index contributed by atoms with van der Waals surface area (Å²) >= 11 is 6.23. The minimum atomic E-state index is -4.55. The Labute approximate surface area is 161 Å². The van der Waals surface area contributed by atoms with E-state index in [2.05, 4.69) is 17.1 Å². The third-order valence-electron chi connectivity index (χ3n) is 4.52. The topological polar surface area (TPSA) is 37.8 Å². The SMILES string of the molecule is Cc1c(-c2ccccc2F)n(CC(F)(F)F)c2c#cc3[nH]c(=O)cc(Cl)c3c12. The molecule has 2 heterocycles. The van der Waals surface area contributed by atoms with Crippen LogP contribution in [0, 0.1) is 24.9 Å². The Hall–Kier alpha value is -2.98. The molecule has 142 valence electrons. The summed E-state index contributed by atoms with van der Waals surface area (Å²) in [6.07, 6.45) is -4.55. The van der Waals surface area contributed by atoms with Crippen LogP contribution in [0.4, 0.5) is 17.6 Å². The number of fused-ring (bicyclic) bond motifs is 3. The molecule has 2 aromatic heterocycles. The molecule has 0 aliphatic carbocycles. The van der Waals surface area contributed by atoms with E-state index in [9.17, 15) is 22.4 Å². The van der Waals surface area contributed by atoms with Gasteiger partial charge in [-0.05, 0) is 36.8 Å². The van der Waals surface area contributed by atoms with E-state index in [-0.39, 0.29) is 27.3 Å². The number of H-pyrrole nitrogens is 1. The number of aryl methyl sites for hydroxylation is 1. The van der Waals surface area contributed by atoms with Crippen LogP contribution in [0.3, 0.4) is 0 Å². The average Bonchev–Trinajstić information content (AvgIpc) is 2.85. The molecule has 8 heteroatoms. The highest BCUT2D eigenvalue weighted by atomic mass is 35.5. The Morgan fingerprint density at radius 3 is 2.57 bits per heavy atom. The number of hydrogen-bond donors (Lipinski definition) is 1. The monoisotopic (exact) mass is 406 g/mol. The van der Waals surface area contributed by atoms with E-state index in [1.807, 2.05) is 0 Å². The maximum atomic E-state index is 14.5. The summed E-state index contributed by atoms with van der Waals surface area (Å²) in [6, 6.07) is 12.1. The first-order valence-electron chi connectivity index (χ1n) is 8.17. The van der Waals surface area contributed by atoms with Crippen LogP contribution in [0.15, 0.2) is 35.1 Å². The maximum absolute atomic E-state index is 14.5. The van der Waals surface area contributed by atoms with Crippen LogP contribution in [-0.4, -0.2) is 15.7 Å². The molecule has 0 unspecified atom stereocenters. The van der Waals surface area contributed by atoms with Gasteiger partial charge in [0.2, 0.25) is 5.56 Å². The van der Waals surface area contributed by atoms with Gasteiger partial charge in [0.25, 0.3) is 0 Å². The number of nitrogens with zero attached hydrogens (tertiary/aromatic N) is 1. The molecule has 0 spiro atoms. The van der Waals surface area contributed by atoms with Crippen molar-refractivity contribution in [2.75, 3.05) is 0 Å². The van der Waals surface area contributed by atoms with Crippen molar-refractivity contribution < 1.29 is 17.6 Å². The van der Waals surface area contributed by atoms with Crippen LogP contribution in [0.2, 0.25) is 5.02 Å². The van der Waals surface area contributed by atoms with Crippen molar-refractivity contribution in [3.05, 3.63) is 69.2 Å². The maximum Gasteiger partial charge on any atom is 0.406 e. The molecule has 0 aliphatic rings. The van der Waals surface area contributed by atoms with E-state index in [1.165, 1.54) is 18.2 Å². The lowest BCUT2D eigenvalue weighted by Crippen LogP contribution is -2.18. The van der Waals surface area contributed by atoms with Gasteiger partial charge in [-0.3, -0.25) is 4.79 Å². The highest BCUT2D eigenvalue weighted by Gasteiger charge is 2.32. The predicted molar refractivity (Wildman–Crippen MR) is 98.9 cm³/mol. The van der Waals surface area contributed by atoms with E-state index < -0.39 is 24.1 Å². The number of rotatable bonds is 2. The smallest absolute Gasteiger partial charge is 0.324 e. The molecule has 0 radical (unpaired) electrons. The molecular weight excluding hydrogens is 396 g/mol. The molecule has 4 aromatic rings. The lowest BCUT2D eigenvalue weighted by molar-refractivity contribution is -0.139. The van der Waals surface area contributed by atoms with Gasteiger partial charge in [0.15, 0.2) is 0 Å². The summed E-state index contributed by atoms with van der Waals surface area (Å²) in [5.41, 5.74) is 0.330. The Balaban J connectivity index is 2.20. The summed E-state index contributed by atoms with van der Waals surface area (Å²) in [4.78, 5) is 14.2. The number of hydrogen-bond acceptors (Lipinski definition) is 1. The Morgan fingerprint density at radius 1 is 1.18 bits per heavy atom. The minimum absolute atomic E-state index is 0.0301. The minimum Gasteiger partial charge on any atom is -0.324 e. The lowest BCUT2D eigenvalue weighted by atomic mass is 10.0. The lowest BCUT2D eigenvalue weighted by Gasteiger charge is -2.14. The Kier molecular flexibility index (Phi) is 4.12. The molecule has 3 nitrogen and oxygen atoms in total. The summed E-state index contributed by atoms with van der Waals surface area (Å²) in [5.74, 6) is -0.649. The zero-order valence-electron chi connectivity index (χ0n) is 14.3. The van der Waals surface area contributed by atoms with Crippen molar-refractivity contribution in [1.82, 2.24) is 9.55 Å². The molecule has 0 saturated heterocycles. The number of aromatic amines is 1. The van der Waals surface area contributed by atoms with Crippen LogP contribution in [0.25, 0.3) is 33.1 Å². The standard InChI is InChI=1S/C20H11ClF4N2O/c1-10-17-15(7-6-14-18(17)12(21)8-16(28)26-14)27(9-20(23,24)25)19(10)11-4-2-3-5-13(11)22/h2-5,8H,9H2,1H3,(H,26,28). The van der Waals surface area contributed by atoms with Crippen LogP contribution in [0.5, 0.6) is 0 Å². The quantitative estimate of drug-likeness (QED) is 0.444. The Morgan fingerprint density at radius 2 is 1.89 bits per heavy atom. The first-order valence-corrected chi connectivity index (χ1v) is 8.55. The molecule has 2 aromatic carbocycles. The Bertz CT molecular complexity index is 1290. The van der Waals surface area contributed by atoms with Crippen molar-refractivity contribution in [1.29, 1.82) is 0 Å². The molecule has 4 rings (SSSR count). The third kappa shape index (κ3) is 2.90. The highest BCUT2D eigenvalue weighted by molar-refractivity contribution is 6.37. The largest absolute Gasteiger partial charge is 0.406 e. The molecule has 0 bridgehead atoms. The van der Waals surface area contributed by atoms with E-state index in [0.29, 0.717) is 16.3 Å². The zero-order valence-corrected chi connectivity index (χ0v) is 15.1. The molecule has 0 atom stereocenters. The second-order valence-electron chi connectivity index (χ2n) is 6.36. The van der Waals surface area contributed by atoms with Gasteiger partial charge in [-0.1, -0.05) is 23.7 Å². The molecule has 0 fully saturated rings. The second kappa shape index (κ2) is 6.28. The summed E-state index contributed by atoms with van der Waals surface area (Å²) < 4.78 is 55.3. The van der Waals surface area contributed by atoms with E-state index >= 15 is 0 Å². The highest BCUT2D eigenvalue weighted by Crippen LogP contribution is 2.39. The van der Waals surface area contributed by atoms with Gasteiger partial charge in [-0.25, -0.2) is 4.39 Å². The fourth-order valence-corrected chi connectivity index (χ4v) is 3.80. The van der Waals surface area contributed by atoms with Crippen molar-refractivity contribution in [2.24, 2.45) is 0 Å². The zero-order chi connectivity index (χ0) is 20.2. The van der Waals surface area contributed by atoms with Crippen LogP contribution in [-0.2, 0) is 6.54 Å². The van der Waals surface area contributed by atoms with Crippen LogP contribution in [0.1, 0.15) is 5.56 Å². The summed E-state index contributed by atoms with van der Waals surface area (Å²) in [5, 5.41) is 0.768. The van der Waals surface area contributed by atoms with Gasteiger partial charge in [0.05, 0.1) is 10.7 Å². The van der Waals surface area contributed by atoms with Gasteiger partial charge >= 0.3 is 6.18 Å². The van der Waals surface area contributed by atoms with Crippen molar-refractivity contribution >= 4 is 33.4 Å². The first-order chi connectivity index (χ1) is 13.2. The van der Waals surface area contributed by atoms with Gasteiger partial charge < -0.3 is 9.55 Å². The van der Waals surface area contributed by atoms with E-state index in [4.69, 9.17) is 11.6 Å². The van der Waals surface area contributed by atoms with Crippen LogP contribution < -0.4 is 5.56 Å². The van der Waals surface area contributed by atoms with Crippen molar-refractivity contribution in [3.63, 3.8) is 0 Å². The second-order valence-corrected chi connectivity index (χ2v) is 6.77. The number of benzene rings is 1. The normalized spacial score (nSPS) is 11.9. The number of halogens is 5. The van der Waals surface area contributed by atoms with Gasteiger partial charge in [0, 0.05) is 22.4 Å². The fourth-order valence-electron chi connectivity index (χ4n) is 3.51. The first kappa shape index (κ1) is 18.4. The third-order valence-corrected chi connectivity index (χ3v) is 4.82. The fraction of sp³-hybridized carbons (Fsp3) is 0.150. The number of nitrogens with one attached hydrogen (secondary N) is 1. The predicted octanol–water partition coefficient (Wildman–Crippen LogP) is 5.41. The summed E-state index contributed by atoms with van der Waals surface area (Å²) in [7, 11) is 0. The van der Waals surface area contributed by atoms with Gasteiger partial charge in [0.1, 0.15) is 23.4 Å². The van der Waals surface area contributed by atoms with E-state index in [0.717, 1.165) is 10.6 Å². The molecule has 0 aliphatic heterocycles. The molecule has 0 amide bonds. The molecule has 1 N–H and O–H groups in total. The van der Waals surface area contributed by atoms with Crippen molar-refractivity contribution in [3.8, 4) is 11.3 Å². The van der Waals surface area contributed by atoms with Gasteiger partial charge in [-0.15, -0.1) is 0 Å². The summed E-state index contributed by atoms with van der Waals surface area (Å²) in [6.45, 7) is 0.253. The van der Waals surface area contributed by atoms with Crippen molar-refractivity contribution in [2.45, 2.75) is 19.6 Å². The van der Waals surface area contributed by atoms with E-state index in [1.54, 1.807) is 13.0 Å².